The van der Waals surface area contributed by atoms with Crippen molar-refractivity contribution in [3.8, 4) is 0 Å². The maximum atomic E-state index is 8.40. The van der Waals surface area contributed by atoms with E-state index in [0.29, 0.717) is 0 Å². The Hall–Kier alpha value is -0.160. The molecule has 9 heavy (non-hydrogen) atoms. The molecule has 4 heteroatoms. The molecule has 1 unspecified atom stereocenters. The van der Waals surface area contributed by atoms with E-state index in [1.165, 1.54) is 6.92 Å². The van der Waals surface area contributed by atoms with E-state index in [2.05, 4.69) is 0 Å². The van der Waals surface area contributed by atoms with Crippen LogP contribution in [0.3, 0.4) is 0 Å². The molecule has 0 amide bonds. The summed E-state index contributed by atoms with van der Waals surface area (Å²) in [4.78, 5) is 0. The smallest absolute Gasteiger partial charge is 0.178 e. The zero-order valence-electron chi connectivity index (χ0n) is 5.32. The predicted octanol–water partition coefficient (Wildman–Crippen LogP) is -1.31. The summed E-state index contributed by atoms with van der Waals surface area (Å²) in [5.41, 5.74) is 0. The number of ether oxygens (including phenoxy) is 1. The summed E-state index contributed by atoms with van der Waals surface area (Å²) in [6.07, 6.45) is -2.09. The van der Waals surface area contributed by atoms with Crippen molar-refractivity contribution in [2.45, 2.75) is 19.3 Å². The van der Waals surface area contributed by atoms with Crippen LogP contribution in [-0.2, 0) is 4.74 Å². The standard InChI is InChI=1S/C5H12O4/c1-4(5(7)8)9-3-2-6/h4-8H,2-3H2,1H3. The summed E-state index contributed by atoms with van der Waals surface area (Å²) < 4.78 is 4.70. The van der Waals surface area contributed by atoms with Crippen molar-refractivity contribution in [2.24, 2.45) is 0 Å². The third-order valence-electron chi connectivity index (χ3n) is 0.892. The molecule has 0 aliphatic heterocycles. The van der Waals surface area contributed by atoms with E-state index >= 15 is 0 Å². The molecule has 0 aliphatic rings. The molecule has 0 saturated heterocycles. The van der Waals surface area contributed by atoms with Crippen molar-refractivity contribution in [1.29, 1.82) is 0 Å². The number of rotatable bonds is 4. The second-order valence-corrected chi connectivity index (χ2v) is 1.71. The normalized spacial score (nSPS) is 14.3. The maximum Gasteiger partial charge on any atom is 0.178 e. The molecule has 0 aromatic heterocycles. The lowest BCUT2D eigenvalue weighted by Crippen LogP contribution is -2.26. The zero-order chi connectivity index (χ0) is 7.28. The molecule has 3 N–H and O–H groups in total. The largest absolute Gasteiger partial charge is 0.394 e. The van der Waals surface area contributed by atoms with Crippen LogP contribution in [0.4, 0.5) is 0 Å². The number of aliphatic hydroxyl groups excluding tert-OH is 2. The van der Waals surface area contributed by atoms with Crippen LogP contribution in [0.2, 0.25) is 0 Å². The molecule has 0 heterocycles. The summed E-state index contributed by atoms with van der Waals surface area (Å²) in [5.74, 6) is 0. The number of aliphatic hydroxyl groups is 3. The van der Waals surface area contributed by atoms with E-state index in [1.54, 1.807) is 0 Å². The minimum atomic E-state index is -1.46. The maximum absolute atomic E-state index is 8.40. The molecular weight excluding hydrogens is 124 g/mol. The molecule has 1 atom stereocenters. The van der Waals surface area contributed by atoms with Gasteiger partial charge >= 0.3 is 0 Å². The first-order chi connectivity index (χ1) is 4.18. The lowest BCUT2D eigenvalue weighted by molar-refractivity contribution is -0.141. The van der Waals surface area contributed by atoms with Gasteiger partial charge < -0.3 is 20.1 Å². The molecule has 0 aromatic carbocycles. The highest BCUT2D eigenvalue weighted by Gasteiger charge is 2.08. The SMILES string of the molecule is CC(OCCO)C(O)O. The Kier molecular flexibility index (Phi) is 4.61. The fraction of sp³-hybridized carbons (Fsp3) is 1.00. The van der Waals surface area contributed by atoms with Crippen molar-refractivity contribution in [3.63, 3.8) is 0 Å². The molecule has 0 saturated carbocycles. The molecule has 0 aromatic rings. The van der Waals surface area contributed by atoms with Crippen molar-refractivity contribution in [1.82, 2.24) is 0 Å². The lowest BCUT2D eigenvalue weighted by atomic mass is 10.4. The van der Waals surface area contributed by atoms with Gasteiger partial charge in [-0.25, -0.2) is 0 Å². The number of hydrogen-bond donors (Lipinski definition) is 3. The molecule has 0 fully saturated rings. The Balaban J connectivity index is 3.16. The Labute approximate surface area is 53.7 Å². The highest BCUT2D eigenvalue weighted by Crippen LogP contribution is 1.93. The van der Waals surface area contributed by atoms with Crippen molar-refractivity contribution >= 4 is 0 Å². The zero-order valence-corrected chi connectivity index (χ0v) is 5.32. The van der Waals surface area contributed by atoms with Crippen molar-refractivity contribution < 1.29 is 20.1 Å². The summed E-state index contributed by atoms with van der Waals surface area (Å²) in [7, 11) is 0. The van der Waals surface area contributed by atoms with Crippen LogP contribution in [0.15, 0.2) is 0 Å². The monoisotopic (exact) mass is 136 g/mol. The van der Waals surface area contributed by atoms with Gasteiger partial charge in [0.25, 0.3) is 0 Å². The van der Waals surface area contributed by atoms with E-state index < -0.39 is 12.4 Å². The molecule has 0 spiro atoms. The van der Waals surface area contributed by atoms with Crippen LogP contribution >= 0.6 is 0 Å². The average molecular weight is 136 g/mol. The van der Waals surface area contributed by atoms with Gasteiger partial charge in [0, 0.05) is 0 Å². The molecule has 0 radical (unpaired) electrons. The second-order valence-electron chi connectivity index (χ2n) is 1.71. The minimum Gasteiger partial charge on any atom is -0.394 e. The Bertz CT molecular complexity index is 64.0. The first-order valence-corrected chi connectivity index (χ1v) is 2.77. The van der Waals surface area contributed by atoms with Gasteiger partial charge in [0.05, 0.1) is 13.2 Å². The molecule has 56 valence electrons. The van der Waals surface area contributed by atoms with Crippen molar-refractivity contribution in [2.75, 3.05) is 13.2 Å². The predicted molar refractivity (Wildman–Crippen MR) is 30.7 cm³/mol. The Morgan fingerprint density at radius 2 is 2.00 bits per heavy atom. The highest BCUT2D eigenvalue weighted by atomic mass is 16.6. The summed E-state index contributed by atoms with van der Waals surface area (Å²) >= 11 is 0. The van der Waals surface area contributed by atoms with E-state index in [9.17, 15) is 0 Å². The number of hydrogen-bond acceptors (Lipinski definition) is 4. The van der Waals surface area contributed by atoms with Gasteiger partial charge in [-0.2, -0.15) is 0 Å². The van der Waals surface area contributed by atoms with E-state index in [1.807, 2.05) is 0 Å². The van der Waals surface area contributed by atoms with Gasteiger partial charge in [0.2, 0.25) is 0 Å². The van der Waals surface area contributed by atoms with Gasteiger partial charge in [-0.05, 0) is 6.92 Å². The van der Waals surface area contributed by atoms with Crippen LogP contribution in [0, 0.1) is 0 Å². The van der Waals surface area contributed by atoms with E-state index in [-0.39, 0.29) is 13.2 Å². The van der Waals surface area contributed by atoms with Gasteiger partial charge in [0.1, 0.15) is 6.10 Å². The fourth-order valence-corrected chi connectivity index (χ4v) is 0.325. The van der Waals surface area contributed by atoms with Gasteiger partial charge in [-0.1, -0.05) is 0 Å². The third-order valence-corrected chi connectivity index (χ3v) is 0.892. The van der Waals surface area contributed by atoms with Gasteiger partial charge in [0.15, 0.2) is 6.29 Å². The van der Waals surface area contributed by atoms with Crippen LogP contribution < -0.4 is 0 Å². The quantitative estimate of drug-likeness (QED) is 0.420. The van der Waals surface area contributed by atoms with E-state index in [4.69, 9.17) is 20.1 Å². The first-order valence-electron chi connectivity index (χ1n) is 2.77. The highest BCUT2D eigenvalue weighted by molar-refractivity contribution is 4.48. The van der Waals surface area contributed by atoms with Crippen LogP contribution in [0.5, 0.6) is 0 Å². The average Bonchev–Trinajstić information content (AvgIpc) is 1.82. The molecule has 0 aliphatic carbocycles. The minimum absolute atomic E-state index is 0.100. The Morgan fingerprint density at radius 1 is 1.44 bits per heavy atom. The van der Waals surface area contributed by atoms with Crippen molar-refractivity contribution in [3.05, 3.63) is 0 Å². The van der Waals surface area contributed by atoms with E-state index in [0.717, 1.165) is 0 Å². The summed E-state index contributed by atoms with van der Waals surface area (Å²) in [6.45, 7) is 1.55. The van der Waals surface area contributed by atoms with Gasteiger partial charge in [-0.3, -0.25) is 0 Å². The molecule has 4 nitrogen and oxygen atoms in total. The molecule has 0 bridgehead atoms. The second kappa shape index (κ2) is 4.69. The third kappa shape index (κ3) is 4.35. The first kappa shape index (κ1) is 8.84. The topological polar surface area (TPSA) is 69.9 Å². The fourth-order valence-electron chi connectivity index (χ4n) is 0.325. The molecular formula is C5H12O4. The Morgan fingerprint density at radius 3 is 2.33 bits per heavy atom. The van der Waals surface area contributed by atoms with Crippen LogP contribution in [-0.4, -0.2) is 40.9 Å². The van der Waals surface area contributed by atoms with Crippen LogP contribution in [0.1, 0.15) is 6.92 Å². The van der Waals surface area contributed by atoms with Gasteiger partial charge in [-0.15, -0.1) is 0 Å². The molecule has 0 rings (SSSR count). The lowest BCUT2D eigenvalue weighted by Gasteiger charge is -2.12. The van der Waals surface area contributed by atoms with Crippen LogP contribution in [0.25, 0.3) is 0 Å². The summed E-state index contributed by atoms with van der Waals surface area (Å²) in [6, 6.07) is 0. The summed E-state index contributed by atoms with van der Waals surface area (Å²) in [5, 5.41) is 25.0.